The fraction of sp³-hybridized carbons (Fsp3) is 0.185. The molecular formula is C27H24FN3O4S. The summed E-state index contributed by atoms with van der Waals surface area (Å²) < 4.78 is 42.5. The number of amides is 1. The SMILES string of the molecule is O=C(c1ccc(NS(=O)(=O)c2cc(F)cc3cccnc23)cc1)N1CCC(O)(c2ccccc2)CC1. The van der Waals surface area contributed by atoms with Crippen molar-refractivity contribution in [3.63, 3.8) is 0 Å². The third-order valence-electron chi connectivity index (χ3n) is 6.50. The molecule has 1 aromatic heterocycles. The fourth-order valence-electron chi connectivity index (χ4n) is 4.52. The number of nitrogens with one attached hydrogen (secondary N) is 1. The molecule has 3 aromatic carbocycles. The maximum absolute atomic E-state index is 14.1. The second-order valence-corrected chi connectivity index (χ2v) is 10.5. The minimum absolute atomic E-state index is 0.166. The number of carbonyl (C=O) groups excluding carboxylic acids is 1. The van der Waals surface area contributed by atoms with Crippen LogP contribution in [0, 0.1) is 5.82 Å². The monoisotopic (exact) mass is 505 g/mol. The largest absolute Gasteiger partial charge is 0.385 e. The molecule has 0 spiro atoms. The molecule has 0 radical (unpaired) electrons. The van der Waals surface area contributed by atoms with Gasteiger partial charge in [-0.15, -0.1) is 0 Å². The van der Waals surface area contributed by atoms with Gasteiger partial charge in [0.1, 0.15) is 10.7 Å². The fourth-order valence-corrected chi connectivity index (χ4v) is 5.77. The second-order valence-electron chi connectivity index (χ2n) is 8.85. The number of aliphatic hydroxyl groups is 1. The van der Waals surface area contributed by atoms with Crippen LogP contribution in [0.25, 0.3) is 10.9 Å². The number of aromatic nitrogens is 1. The zero-order chi connectivity index (χ0) is 25.3. The van der Waals surface area contributed by atoms with Crippen molar-refractivity contribution in [1.82, 2.24) is 9.88 Å². The number of carbonyl (C=O) groups is 1. The molecule has 4 aromatic rings. The van der Waals surface area contributed by atoms with Crippen molar-refractivity contribution in [3.05, 3.63) is 102 Å². The number of fused-ring (bicyclic) bond motifs is 1. The Balaban J connectivity index is 1.29. The van der Waals surface area contributed by atoms with Crippen molar-refractivity contribution < 1.29 is 22.7 Å². The van der Waals surface area contributed by atoms with Gasteiger partial charge in [0, 0.05) is 35.9 Å². The van der Waals surface area contributed by atoms with Crippen molar-refractivity contribution in [2.24, 2.45) is 0 Å². The van der Waals surface area contributed by atoms with Crippen LogP contribution in [-0.4, -0.2) is 42.4 Å². The summed E-state index contributed by atoms with van der Waals surface area (Å²) in [4.78, 5) is 18.5. The number of halogens is 1. The Kier molecular flexibility index (Phi) is 6.19. The lowest BCUT2D eigenvalue weighted by Crippen LogP contribution is -2.45. The Bertz CT molecular complexity index is 1520. The highest BCUT2D eigenvalue weighted by Gasteiger charge is 2.35. The lowest BCUT2D eigenvalue weighted by atomic mass is 9.84. The van der Waals surface area contributed by atoms with Gasteiger partial charge >= 0.3 is 0 Å². The first-order chi connectivity index (χ1) is 17.2. The highest BCUT2D eigenvalue weighted by Crippen LogP contribution is 2.33. The average Bonchev–Trinajstić information content (AvgIpc) is 2.89. The minimum atomic E-state index is -4.13. The first-order valence-corrected chi connectivity index (χ1v) is 13.0. The number of pyridine rings is 1. The van der Waals surface area contributed by atoms with Crippen molar-refractivity contribution >= 4 is 32.5 Å². The van der Waals surface area contributed by atoms with E-state index in [1.807, 2.05) is 30.3 Å². The van der Waals surface area contributed by atoms with Crippen molar-refractivity contribution in [2.75, 3.05) is 17.8 Å². The summed E-state index contributed by atoms with van der Waals surface area (Å²) in [5.74, 6) is -0.877. The molecule has 0 bridgehead atoms. The zero-order valence-corrected chi connectivity index (χ0v) is 20.1. The third-order valence-corrected chi connectivity index (χ3v) is 7.89. The van der Waals surface area contributed by atoms with E-state index in [0.717, 1.165) is 11.6 Å². The van der Waals surface area contributed by atoms with Gasteiger partial charge in [0.25, 0.3) is 15.9 Å². The van der Waals surface area contributed by atoms with Crippen molar-refractivity contribution in [2.45, 2.75) is 23.3 Å². The van der Waals surface area contributed by atoms with E-state index in [1.165, 1.54) is 24.4 Å². The van der Waals surface area contributed by atoms with Crippen LogP contribution in [0.3, 0.4) is 0 Å². The van der Waals surface area contributed by atoms with E-state index < -0.39 is 21.4 Å². The van der Waals surface area contributed by atoms with Crippen LogP contribution in [0.2, 0.25) is 0 Å². The van der Waals surface area contributed by atoms with Crippen LogP contribution < -0.4 is 4.72 Å². The second kappa shape index (κ2) is 9.33. The third kappa shape index (κ3) is 4.67. The van der Waals surface area contributed by atoms with Crippen LogP contribution in [-0.2, 0) is 15.6 Å². The summed E-state index contributed by atoms with van der Waals surface area (Å²) in [6.07, 6.45) is 2.30. The zero-order valence-electron chi connectivity index (χ0n) is 19.3. The molecule has 0 unspecified atom stereocenters. The molecule has 1 aliphatic heterocycles. The molecule has 184 valence electrons. The molecule has 2 heterocycles. The molecule has 5 rings (SSSR count). The molecule has 36 heavy (non-hydrogen) atoms. The lowest BCUT2D eigenvalue weighted by molar-refractivity contribution is -0.0211. The topological polar surface area (TPSA) is 99.6 Å². The molecule has 9 heteroatoms. The highest BCUT2D eigenvalue weighted by atomic mass is 32.2. The highest BCUT2D eigenvalue weighted by molar-refractivity contribution is 7.93. The van der Waals surface area contributed by atoms with E-state index in [0.29, 0.717) is 36.9 Å². The Morgan fingerprint density at radius 1 is 0.972 bits per heavy atom. The maximum Gasteiger partial charge on any atom is 0.264 e. The van der Waals surface area contributed by atoms with Gasteiger partial charge in [-0.1, -0.05) is 36.4 Å². The predicted molar refractivity (Wildman–Crippen MR) is 134 cm³/mol. The number of rotatable bonds is 5. The van der Waals surface area contributed by atoms with E-state index in [4.69, 9.17) is 0 Å². The molecule has 0 saturated carbocycles. The Morgan fingerprint density at radius 3 is 2.36 bits per heavy atom. The number of likely N-dealkylation sites (tertiary alicyclic amines) is 1. The number of hydrogen-bond donors (Lipinski definition) is 2. The lowest BCUT2D eigenvalue weighted by Gasteiger charge is -2.38. The standard InChI is InChI=1S/C27H24FN3O4S/c28-22-17-20-5-4-14-29-25(20)24(18-22)36(34,35)30-23-10-8-19(9-11-23)26(32)31-15-12-27(33,13-16-31)21-6-2-1-3-7-21/h1-11,14,17-18,30,33H,12-13,15-16H2. The van der Waals surface area contributed by atoms with Gasteiger partial charge in [-0.25, -0.2) is 12.8 Å². The summed E-state index contributed by atoms with van der Waals surface area (Å²) in [5.41, 5.74) is 0.683. The number of nitrogens with zero attached hydrogens (tertiary/aromatic N) is 2. The molecule has 1 fully saturated rings. The van der Waals surface area contributed by atoms with E-state index >= 15 is 0 Å². The Morgan fingerprint density at radius 2 is 1.67 bits per heavy atom. The van der Waals surface area contributed by atoms with Gasteiger partial charge in [0.05, 0.1) is 11.1 Å². The van der Waals surface area contributed by atoms with Crippen molar-refractivity contribution in [1.29, 1.82) is 0 Å². The average molecular weight is 506 g/mol. The van der Waals surface area contributed by atoms with Gasteiger partial charge in [-0.3, -0.25) is 14.5 Å². The molecule has 0 atom stereocenters. The number of sulfonamides is 1. The first kappa shape index (κ1) is 23.9. The number of anilines is 1. The van der Waals surface area contributed by atoms with E-state index in [1.54, 1.807) is 29.2 Å². The van der Waals surface area contributed by atoms with Crippen LogP contribution in [0.1, 0.15) is 28.8 Å². The number of piperidine rings is 1. The quantitative estimate of drug-likeness (QED) is 0.421. The molecule has 0 aliphatic carbocycles. The predicted octanol–water partition coefficient (Wildman–Crippen LogP) is 4.30. The Hall–Kier alpha value is -3.82. The molecule has 1 saturated heterocycles. The molecular weight excluding hydrogens is 481 g/mol. The maximum atomic E-state index is 14.1. The van der Waals surface area contributed by atoms with E-state index in [9.17, 15) is 22.7 Å². The van der Waals surface area contributed by atoms with Crippen LogP contribution >= 0.6 is 0 Å². The summed E-state index contributed by atoms with van der Waals surface area (Å²) in [7, 11) is -4.13. The summed E-state index contributed by atoms with van der Waals surface area (Å²) in [5, 5.41) is 11.4. The smallest absolute Gasteiger partial charge is 0.264 e. The van der Waals surface area contributed by atoms with Gasteiger partial charge < -0.3 is 10.0 Å². The normalized spacial score (nSPS) is 15.6. The van der Waals surface area contributed by atoms with Gasteiger partial charge in [-0.05, 0) is 60.9 Å². The van der Waals surface area contributed by atoms with Gasteiger partial charge in [0.2, 0.25) is 0 Å². The molecule has 2 N–H and O–H groups in total. The summed E-state index contributed by atoms with van der Waals surface area (Å²) in [6.45, 7) is 0.802. The van der Waals surface area contributed by atoms with Crippen LogP contribution in [0.5, 0.6) is 0 Å². The molecule has 7 nitrogen and oxygen atoms in total. The van der Waals surface area contributed by atoms with Gasteiger partial charge in [-0.2, -0.15) is 0 Å². The Labute approximate surface area is 208 Å². The van der Waals surface area contributed by atoms with E-state index in [-0.39, 0.29) is 22.0 Å². The van der Waals surface area contributed by atoms with Crippen LogP contribution in [0.4, 0.5) is 10.1 Å². The number of hydrogen-bond acceptors (Lipinski definition) is 5. The molecule has 1 aliphatic rings. The molecule has 1 amide bonds. The van der Waals surface area contributed by atoms with Crippen molar-refractivity contribution in [3.8, 4) is 0 Å². The van der Waals surface area contributed by atoms with E-state index in [2.05, 4.69) is 9.71 Å². The van der Waals surface area contributed by atoms with Gasteiger partial charge in [0.15, 0.2) is 0 Å². The van der Waals surface area contributed by atoms with Crippen LogP contribution in [0.15, 0.2) is 90.0 Å². The first-order valence-electron chi connectivity index (χ1n) is 11.5. The summed E-state index contributed by atoms with van der Waals surface area (Å²) >= 11 is 0. The summed E-state index contributed by atoms with van der Waals surface area (Å²) in [6, 6.07) is 20.9. The number of benzene rings is 3. The minimum Gasteiger partial charge on any atom is -0.385 e.